The molecule has 166 valence electrons. The van der Waals surface area contributed by atoms with E-state index < -0.39 is 0 Å². The maximum Gasteiger partial charge on any atom is 0.223 e. The molecule has 31 heavy (non-hydrogen) atoms. The second-order valence-corrected chi connectivity index (χ2v) is 8.26. The predicted octanol–water partition coefficient (Wildman–Crippen LogP) is 1.52. The van der Waals surface area contributed by atoms with Gasteiger partial charge in [0.15, 0.2) is 11.6 Å². The van der Waals surface area contributed by atoms with Gasteiger partial charge in [0.1, 0.15) is 5.75 Å². The number of benzene rings is 1. The van der Waals surface area contributed by atoms with Crippen molar-refractivity contribution < 1.29 is 9.53 Å². The Hall–Kier alpha value is -2.87. The van der Waals surface area contributed by atoms with Crippen molar-refractivity contribution in [3.8, 4) is 5.75 Å². The number of carbonyl (C=O) groups excluding carboxylic acids is 1. The predicted molar refractivity (Wildman–Crippen MR) is 122 cm³/mol. The molecule has 1 aromatic heterocycles. The minimum atomic E-state index is 0.215. The molecule has 8 heteroatoms. The quantitative estimate of drug-likeness (QED) is 0.697. The summed E-state index contributed by atoms with van der Waals surface area (Å²) in [6.07, 6.45) is 1.29. The van der Waals surface area contributed by atoms with Crippen LogP contribution in [-0.2, 0) is 11.2 Å². The maximum atomic E-state index is 12.6. The summed E-state index contributed by atoms with van der Waals surface area (Å²) in [6, 6.07) is 12.0. The highest BCUT2D eigenvalue weighted by atomic mass is 16.5. The van der Waals surface area contributed by atoms with E-state index in [9.17, 15) is 4.79 Å². The lowest BCUT2D eigenvalue weighted by molar-refractivity contribution is -0.131. The van der Waals surface area contributed by atoms with Crippen LogP contribution in [0.4, 0.5) is 11.6 Å². The number of aryl methyl sites for hydroxylation is 1. The van der Waals surface area contributed by atoms with Crippen molar-refractivity contribution in [1.82, 2.24) is 20.0 Å². The van der Waals surface area contributed by atoms with E-state index in [0.29, 0.717) is 6.42 Å². The van der Waals surface area contributed by atoms with Gasteiger partial charge in [-0.2, -0.15) is 0 Å². The molecule has 0 aliphatic carbocycles. The fraction of sp³-hybridized carbons (Fsp3) is 0.522. The molecular weight excluding hydrogens is 392 g/mol. The second kappa shape index (κ2) is 9.96. The molecule has 0 unspecified atom stereocenters. The van der Waals surface area contributed by atoms with E-state index in [1.807, 2.05) is 29.2 Å². The van der Waals surface area contributed by atoms with Gasteiger partial charge >= 0.3 is 0 Å². The molecule has 3 heterocycles. The van der Waals surface area contributed by atoms with Gasteiger partial charge in [-0.15, -0.1) is 10.2 Å². The van der Waals surface area contributed by atoms with Crippen molar-refractivity contribution in [2.45, 2.75) is 12.8 Å². The van der Waals surface area contributed by atoms with Crippen LogP contribution in [0.15, 0.2) is 36.4 Å². The lowest BCUT2D eigenvalue weighted by atomic mass is 10.1. The summed E-state index contributed by atoms with van der Waals surface area (Å²) in [4.78, 5) is 21.4. The Balaban J connectivity index is 1.23. The summed E-state index contributed by atoms with van der Waals surface area (Å²) < 4.78 is 5.18. The van der Waals surface area contributed by atoms with Crippen LogP contribution in [0.1, 0.15) is 12.0 Å². The molecule has 2 aromatic rings. The van der Waals surface area contributed by atoms with Gasteiger partial charge in [0, 0.05) is 58.8 Å². The van der Waals surface area contributed by atoms with E-state index in [-0.39, 0.29) is 5.91 Å². The van der Waals surface area contributed by atoms with Crippen LogP contribution >= 0.6 is 0 Å². The highest BCUT2D eigenvalue weighted by Gasteiger charge is 2.22. The first-order chi connectivity index (χ1) is 15.1. The van der Waals surface area contributed by atoms with Crippen LogP contribution in [0.2, 0.25) is 0 Å². The molecule has 2 aliphatic heterocycles. The fourth-order valence-corrected chi connectivity index (χ4v) is 4.08. The van der Waals surface area contributed by atoms with Crippen molar-refractivity contribution in [2.75, 3.05) is 76.3 Å². The minimum Gasteiger partial charge on any atom is -0.497 e. The smallest absolute Gasteiger partial charge is 0.223 e. The van der Waals surface area contributed by atoms with E-state index >= 15 is 0 Å². The van der Waals surface area contributed by atoms with Crippen LogP contribution in [0.25, 0.3) is 0 Å². The highest BCUT2D eigenvalue weighted by molar-refractivity contribution is 5.76. The summed E-state index contributed by atoms with van der Waals surface area (Å²) in [5, 5.41) is 8.92. The van der Waals surface area contributed by atoms with E-state index in [2.05, 4.69) is 44.1 Å². The number of likely N-dealkylation sites (N-methyl/N-ethyl adjacent to an activating group) is 1. The molecule has 2 saturated heterocycles. The van der Waals surface area contributed by atoms with E-state index in [1.54, 1.807) is 7.11 Å². The first-order valence-corrected chi connectivity index (χ1v) is 11.1. The van der Waals surface area contributed by atoms with E-state index in [0.717, 1.165) is 81.7 Å². The SMILES string of the molecule is COc1ccc(CCC(=O)N2CCN(c3ccc(N4CCN(C)CC4)nn3)CC2)cc1. The summed E-state index contributed by atoms with van der Waals surface area (Å²) >= 11 is 0. The number of hydrogen-bond donors (Lipinski definition) is 0. The van der Waals surface area contributed by atoms with Gasteiger partial charge in [-0.05, 0) is 43.3 Å². The number of rotatable bonds is 6. The van der Waals surface area contributed by atoms with Gasteiger partial charge in [-0.3, -0.25) is 4.79 Å². The monoisotopic (exact) mass is 424 g/mol. The number of amides is 1. The highest BCUT2D eigenvalue weighted by Crippen LogP contribution is 2.18. The zero-order valence-electron chi connectivity index (χ0n) is 18.5. The Morgan fingerprint density at radius 2 is 1.39 bits per heavy atom. The summed E-state index contributed by atoms with van der Waals surface area (Å²) in [5.74, 6) is 2.89. The average Bonchev–Trinajstić information content (AvgIpc) is 2.83. The van der Waals surface area contributed by atoms with Gasteiger partial charge in [0.05, 0.1) is 7.11 Å². The number of piperazine rings is 2. The number of anilines is 2. The van der Waals surface area contributed by atoms with Crippen molar-refractivity contribution in [2.24, 2.45) is 0 Å². The maximum absolute atomic E-state index is 12.6. The molecule has 8 nitrogen and oxygen atoms in total. The number of aromatic nitrogens is 2. The van der Waals surface area contributed by atoms with Crippen molar-refractivity contribution in [1.29, 1.82) is 0 Å². The number of carbonyl (C=O) groups is 1. The largest absolute Gasteiger partial charge is 0.497 e. The molecule has 1 amide bonds. The van der Waals surface area contributed by atoms with Crippen molar-refractivity contribution in [3.63, 3.8) is 0 Å². The second-order valence-electron chi connectivity index (χ2n) is 8.26. The van der Waals surface area contributed by atoms with E-state index in [1.165, 1.54) is 0 Å². The molecule has 1 aromatic carbocycles. The van der Waals surface area contributed by atoms with Crippen LogP contribution in [-0.4, -0.2) is 92.4 Å². The molecule has 0 bridgehead atoms. The summed E-state index contributed by atoms with van der Waals surface area (Å²) in [5.41, 5.74) is 1.16. The first-order valence-electron chi connectivity index (χ1n) is 11.1. The van der Waals surface area contributed by atoms with Crippen molar-refractivity contribution >= 4 is 17.5 Å². The Morgan fingerprint density at radius 1 is 0.839 bits per heavy atom. The first kappa shape index (κ1) is 21.4. The number of methoxy groups -OCH3 is 1. The van der Waals surface area contributed by atoms with Gasteiger partial charge in [-0.1, -0.05) is 12.1 Å². The van der Waals surface area contributed by atoms with Gasteiger partial charge < -0.3 is 24.3 Å². The molecule has 0 atom stereocenters. The standard InChI is InChI=1S/C23H32N6O2/c1-26-11-13-27(14-12-26)21-8-9-22(25-24-21)28-15-17-29(18-16-28)23(30)10-5-19-3-6-20(31-2)7-4-19/h3-4,6-9H,5,10-18H2,1-2H3. The Kier molecular flexibility index (Phi) is 6.86. The van der Waals surface area contributed by atoms with Gasteiger partial charge in [-0.25, -0.2) is 0 Å². The number of hydrogen-bond acceptors (Lipinski definition) is 7. The molecule has 0 spiro atoms. The summed E-state index contributed by atoms with van der Waals surface area (Å²) in [7, 11) is 3.81. The Bertz CT molecular complexity index is 841. The molecule has 2 aliphatic rings. The molecule has 0 radical (unpaired) electrons. The van der Waals surface area contributed by atoms with Gasteiger partial charge in [0.25, 0.3) is 0 Å². The third-order valence-electron chi connectivity index (χ3n) is 6.21. The molecule has 2 fully saturated rings. The molecule has 0 saturated carbocycles. The van der Waals surface area contributed by atoms with Crippen LogP contribution in [0, 0.1) is 0 Å². The normalized spacial score (nSPS) is 17.7. The zero-order chi connectivity index (χ0) is 21.6. The molecular formula is C23H32N6O2. The van der Waals surface area contributed by atoms with Crippen LogP contribution in [0.3, 0.4) is 0 Å². The number of ether oxygens (including phenoxy) is 1. The minimum absolute atomic E-state index is 0.215. The van der Waals surface area contributed by atoms with Crippen LogP contribution < -0.4 is 14.5 Å². The molecule has 4 rings (SSSR count). The van der Waals surface area contributed by atoms with Crippen LogP contribution in [0.5, 0.6) is 5.75 Å². The zero-order valence-corrected chi connectivity index (χ0v) is 18.5. The third kappa shape index (κ3) is 5.44. The van der Waals surface area contributed by atoms with Gasteiger partial charge in [0.2, 0.25) is 5.91 Å². The Morgan fingerprint density at radius 3 is 1.90 bits per heavy atom. The fourth-order valence-electron chi connectivity index (χ4n) is 4.08. The van der Waals surface area contributed by atoms with E-state index in [4.69, 9.17) is 4.74 Å². The average molecular weight is 425 g/mol. The third-order valence-corrected chi connectivity index (χ3v) is 6.21. The number of nitrogens with zero attached hydrogens (tertiary/aromatic N) is 6. The lowest BCUT2D eigenvalue weighted by Crippen LogP contribution is -2.49. The molecule has 0 N–H and O–H groups in total. The van der Waals surface area contributed by atoms with Crippen molar-refractivity contribution in [3.05, 3.63) is 42.0 Å². The summed E-state index contributed by atoms with van der Waals surface area (Å²) in [6.45, 7) is 7.11. The Labute approximate surface area is 184 Å². The topological polar surface area (TPSA) is 65.0 Å². The lowest BCUT2D eigenvalue weighted by Gasteiger charge is -2.36.